The molecule has 96 valence electrons. The van der Waals surface area contributed by atoms with E-state index in [1.54, 1.807) is 12.1 Å². The number of hydrogen-bond acceptors (Lipinski definition) is 3. The second-order valence-electron chi connectivity index (χ2n) is 4.05. The summed E-state index contributed by atoms with van der Waals surface area (Å²) in [7, 11) is 3.00. The summed E-state index contributed by atoms with van der Waals surface area (Å²) in [6.45, 7) is 3.33. The van der Waals surface area contributed by atoms with Crippen LogP contribution in [0.3, 0.4) is 0 Å². The zero-order valence-corrected chi connectivity index (χ0v) is 10.7. The van der Waals surface area contributed by atoms with E-state index >= 15 is 0 Å². The van der Waals surface area contributed by atoms with Gasteiger partial charge in [0.2, 0.25) is 0 Å². The predicted octanol–water partition coefficient (Wildman–Crippen LogP) is 2.83. The number of aliphatic hydroxyl groups excluding tert-OH is 1. The van der Waals surface area contributed by atoms with E-state index < -0.39 is 6.17 Å². The molecule has 0 heterocycles. The Kier molecular flexibility index (Phi) is 4.75. The minimum Gasteiger partial charge on any atom is -0.493 e. The van der Waals surface area contributed by atoms with E-state index in [0.29, 0.717) is 17.1 Å². The molecular weight excluding hydrogens is 223 g/mol. The van der Waals surface area contributed by atoms with Gasteiger partial charge in [-0.1, -0.05) is 6.92 Å². The lowest BCUT2D eigenvalue weighted by atomic mass is 9.97. The van der Waals surface area contributed by atoms with E-state index in [-0.39, 0.29) is 12.5 Å². The molecule has 0 aliphatic carbocycles. The predicted molar refractivity (Wildman–Crippen MR) is 64.6 cm³/mol. The Bertz CT molecular complexity index is 377. The molecule has 17 heavy (non-hydrogen) atoms. The van der Waals surface area contributed by atoms with Gasteiger partial charge in [-0.15, -0.1) is 0 Å². The maximum absolute atomic E-state index is 13.5. The molecule has 1 aromatic rings. The van der Waals surface area contributed by atoms with Gasteiger partial charge in [-0.05, 0) is 24.6 Å². The molecule has 0 amide bonds. The molecule has 0 bridgehead atoms. The van der Waals surface area contributed by atoms with Gasteiger partial charge in [0.05, 0.1) is 14.2 Å². The van der Waals surface area contributed by atoms with Crippen LogP contribution in [0.5, 0.6) is 11.5 Å². The fraction of sp³-hybridized carbons (Fsp3) is 0.538. The van der Waals surface area contributed by atoms with E-state index in [4.69, 9.17) is 14.6 Å². The first-order chi connectivity index (χ1) is 8.04. The third-order valence-electron chi connectivity index (χ3n) is 2.80. The molecule has 0 aliphatic heterocycles. The van der Waals surface area contributed by atoms with Crippen LogP contribution in [0.4, 0.5) is 4.39 Å². The van der Waals surface area contributed by atoms with E-state index in [1.165, 1.54) is 21.1 Å². The van der Waals surface area contributed by atoms with Gasteiger partial charge >= 0.3 is 0 Å². The van der Waals surface area contributed by atoms with Gasteiger partial charge in [0.1, 0.15) is 6.17 Å². The first-order valence-electron chi connectivity index (χ1n) is 5.55. The van der Waals surface area contributed by atoms with Crippen molar-refractivity contribution < 1.29 is 19.0 Å². The van der Waals surface area contributed by atoms with E-state index in [0.717, 1.165) is 5.56 Å². The van der Waals surface area contributed by atoms with Crippen LogP contribution < -0.4 is 9.47 Å². The topological polar surface area (TPSA) is 38.7 Å². The molecular formula is C13H19FO3. The number of halogens is 1. The molecule has 3 nitrogen and oxygen atoms in total. The second kappa shape index (κ2) is 5.87. The van der Waals surface area contributed by atoms with Crippen LogP contribution in [0, 0.1) is 0 Å². The van der Waals surface area contributed by atoms with Crippen LogP contribution in [0.15, 0.2) is 12.1 Å². The van der Waals surface area contributed by atoms with E-state index in [9.17, 15) is 4.39 Å². The fourth-order valence-electron chi connectivity index (χ4n) is 1.70. The number of ether oxygens (including phenoxy) is 2. The van der Waals surface area contributed by atoms with Crippen LogP contribution in [0.1, 0.15) is 37.1 Å². The summed E-state index contributed by atoms with van der Waals surface area (Å²) in [5.41, 5.74) is 1.28. The average molecular weight is 242 g/mol. The van der Waals surface area contributed by atoms with Gasteiger partial charge < -0.3 is 14.6 Å². The lowest BCUT2D eigenvalue weighted by Gasteiger charge is -2.18. The largest absolute Gasteiger partial charge is 0.493 e. The van der Waals surface area contributed by atoms with Crippen molar-refractivity contribution in [1.29, 1.82) is 0 Å². The standard InChI is InChI=1S/C13H19FO3/c1-8(7-15)10-5-11(9(2)14)13(17-4)12(6-10)16-3/h5-6,8-9,15H,7H2,1-4H3. The lowest BCUT2D eigenvalue weighted by molar-refractivity contribution is 0.271. The number of benzene rings is 1. The van der Waals surface area contributed by atoms with Crippen molar-refractivity contribution in [3.63, 3.8) is 0 Å². The third-order valence-corrected chi connectivity index (χ3v) is 2.80. The number of rotatable bonds is 5. The summed E-state index contributed by atoms with van der Waals surface area (Å²) in [4.78, 5) is 0. The quantitative estimate of drug-likeness (QED) is 0.862. The van der Waals surface area contributed by atoms with E-state index in [2.05, 4.69) is 0 Å². The van der Waals surface area contributed by atoms with Crippen molar-refractivity contribution >= 4 is 0 Å². The molecule has 1 aromatic carbocycles. The lowest BCUT2D eigenvalue weighted by Crippen LogP contribution is -2.04. The average Bonchev–Trinajstić information content (AvgIpc) is 2.35. The Balaban J connectivity index is 3.34. The highest BCUT2D eigenvalue weighted by atomic mass is 19.1. The van der Waals surface area contributed by atoms with Crippen LogP contribution in [-0.4, -0.2) is 25.9 Å². The summed E-state index contributed by atoms with van der Waals surface area (Å²) in [5.74, 6) is 0.841. The summed E-state index contributed by atoms with van der Waals surface area (Å²) < 4.78 is 23.9. The number of hydrogen-bond donors (Lipinski definition) is 1. The number of aliphatic hydroxyl groups is 1. The molecule has 0 spiro atoms. The second-order valence-corrected chi connectivity index (χ2v) is 4.05. The first-order valence-corrected chi connectivity index (χ1v) is 5.55. The number of alkyl halides is 1. The van der Waals surface area contributed by atoms with Crippen molar-refractivity contribution in [2.75, 3.05) is 20.8 Å². The Morgan fingerprint density at radius 2 is 1.88 bits per heavy atom. The van der Waals surface area contributed by atoms with Gasteiger partial charge in [-0.2, -0.15) is 0 Å². The molecule has 2 atom stereocenters. The summed E-state index contributed by atoms with van der Waals surface area (Å²) >= 11 is 0. The van der Waals surface area contributed by atoms with Crippen LogP contribution >= 0.6 is 0 Å². The van der Waals surface area contributed by atoms with Crippen molar-refractivity contribution in [3.05, 3.63) is 23.3 Å². The molecule has 0 fully saturated rings. The zero-order chi connectivity index (χ0) is 13.0. The summed E-state index contributed by atoms with van der Waals surface area (Å²) in [6.07, 6.45) is -1.15. The molecule has 0 radical (unpaired) electrons. The van der Waals surface area contributed by atoms with Crippen molar-refractivity contribution in [2.45, 2.75) is 25.9 Å². The van der Waals surface area contributed by atoms with E-state index in [1.807, 2.05) is 6.92 Å². The molecule has 0 saturated heterocycles. The third kappa shape index (κ3) is 2.88. The molecule has 0 aromatic heterocycles. The minimum absolute atomic E-state index is 0.00951. The van der Waals surface area contributed by atoms with Crippen LogP contribution in [-0.2, 0) is 0 Å². The van der Waals surface area contributed by atoms with Gasteiger partial charge in [-0.3, -0.25) is 0 Å². The SMILES string of the molecule is COc1cc(C(C)CO)cc(C(C)F)c1OC. The minimum atomic E-state index is -1.15. The maximum Gasteiger partial charge on any atom is 0.166 e. The van der Waals surface area contributed by atoms with Crippen molar-refractivity contribution in [2.24, 2.45) is 0 Å². The highest BCUT2D eigenvalue weighted by Crippen LogP contribution is 2.39. The number of methoxy groups -OCH3 is 2. The molecule has 0 aliphatic rings. The van der Waals surface area contributed by atoms with Gasteiger partial charge in [0, 0.05) is 18.1 Å². The highest BCUT2D eigenvalue weighted by molar-refractivity contribution is 5.51. The van der Waals surface area contributed by atoms with Crippen molar-refractivity contribution in [1.82, 2.24) is 0 Å². The smallest absolute Gasteiger partial charge is 0.166 e. The first kappa shape index (κ1) is 13.8. The van der Waals surface area contributed by atoms with Gasteiger partial charge in [0.15, 0.2) is 11.5 Å². The Hall–Kier alpha value is -1.29. The zero-order valence-electron chi connectivity index (χ0n) is 10.7. The Labute approximate surface area is 101 Å². The monoisotopic (exact) mass is 242 g/mol. The molecule has 0 saturated carbocycles. The van der Waals surface area contributed by atoms with Crippen LogP contribution in [0.25, 0.3) is 0 Å². The normalized spacial score (nSPS) is 14.2. The summed E-state index contributed by atoms with van der Waals surface area (Å²) in [6, 6.07) is 3.48. The van der Waals surface area contributed by atoms with Crippen molar-refractivity contribution in [3.8, 4) is 11.5 Å². The van der Waals surface area contributed by atoms with Gasteiger partial charge in [-0.25, -0.2) is 4.39 Å². The molecule has 4 heteroatoms. The highest BCUT2D eigenvalue weighted by Gasteiger charge is 2.18. The van der Waals surface area contributed by atoms with Gasteiger partial charge in [0.25, 0.3) is 0 Å². The maximum atomic E-state index is 13.5. The molecule has 1 rings (SSSR count). The fourth-order valence-corrected chi connectivity index (χ4v) is 1.70. The summed E-state index contributed by atoms with van der Waals surface area (Å²) in [5, 5.41) is 9.14. The Morgan fingerprint density at radius 1 is 1.24 bits per heavy atom. The molecule has 1 N–H and O–H groups in total. The van der Waals surface area contributed by atoms with Crippen LogP contribution in [0.2, 0.25) is 0 Å². The Morgan fingerprint density at radius 3 is 2.29 bits per heavy atom. The molecule has 2 unspecified atom stereocenters.